The van der Waals surface area contributed by atoms with E-state index in [2.05, 4.69) is 15.0 Å². The van der Waals surface area contributed by atoms with E-state index in [4.69, 9.17) is 4.74 Å². The van der Waals surface area contributed by atoms with Crippen molar-refractivity contribution in [1.82, 2.24) is 19.5 Å². The summed E-state index contributed by atoms with van der Waals surface area (Å²) in [7, 11) is 0. The lowest BCUT2D eigenvalue weighted by atomic mass is 10.1. The largest absolute Gasteiger partial charge is 0.463 e. The van der Waals surface area contributed by atoms with Crippen LogP contribution in [0.25, 0.3) is 22.6 Å². The number of aromatic nitrogens is 4. The molecule has 0 bridgehead atoms. The molecule has 0 spiro atoms. The molecule has 32 heavy (non-hydrogen) atoms. The number of aliphatic hydroxyl groups excluding tert-OH is 3. The zero-order valence-electron chi connectivity index (χ0n) is 18.0. The molecule has 1 aromatic carbocycles. The highest BCUT2D eigenvalue weighted by molar-refractivity contribution is 5.81. The number of aliphatic hydroxyl groups is 3. The van der Waals surface area contributed by atoms with Crippen molar-refractivity contribution in [2.75, 3.05) is 6.61 Å². The van der Waals surface area contributed by atoms with Gasteiger partial charge in [-0.05, 0) is 43.5 Å². The number of carbonyl (C=O) groups is 1. The van der Waals surface area contributed by atoms with E-state index in [1.807, 2.05) is 13.8 Å². The second-order valence-electron chi connectivity index (χ2n) is 7.75. The summed E-state index contributed by atoms with van der Waals surface area (Å²) in [6.45, 7) is 4.75. The molecule has 0 fully saturated rings. The zero-order valence-corrected chi connectivity index (χ0v) is 18.0. The predicted molar refractivity (Wildman–Crippen MR) is 114 cm³/mol. The van der Waals surface area contributed by atoms with Crippen LogP contribution in [-0.2, 0) is 16.1 Å². The zero-order chi connectivity index (χ0) is 23.6. The maximum Gasteiger partial charge on any atom is 0.349 e. The number of aromatic amines is 1. The number of fused-ring (bicyclic) bond motifs is 2. The molecular weight excluding hydrogens is 420 g/mol. The van der Waals surface area contributed by atoms with E-state index in [1.54, 1.807) is 19.1 Å². The number of ether oxygens (including phenoxy) is 1. The molecule has 3 atom stereocenters. The summed E-state index contributed by atoms with van der Waals surface area (Å²) in [6, 6.07) is 3.53. The van der Waals surface area contributed by atoms with Gasteiger partial charge in [-0.3, -0.25) is 14.6 Å². The van der Waals surface area contributed by atoms with Gasteiger partial charge >= 0.3 is 11.7 Å². The Labute approximate surface area is 182 Å². The molecule has 0 aliphatic carbocycles. The smallest absolute Gasteiger partial charge is 0.349 e. The Morgan fingerprint density at radius 3 is 2.50 bits per heavy atom. The van der Waals surface area contributed by atoms with E-state index in [0.717, 1.165) is 11.1 Å². The van der Waals surface area contributed by atoms with Gasteiger partial charge < -0.3 is 24.6 Å². The lowest BCUT2D eigenvalue weighted by Gasteiger charge is -2.25. The van der Waals surface area contributed by atoms with Crippen LogP contribution < -0.4 is 11.2 Å². The average Bonchev–Trinajstić information content (AvgIpc) is 2.73. The molecule has 2 aliphatic heterocycles. The van der Waals surface area contributed by atoms with Crippen LogP contribution in [0, 0.1) is 13.8 Å². The van der Waals surface area contributed by atoms with Crippen LogP contribution in [0.4, 0.5) is 0 Å². The quantitative estimate of drug-likeness (QED) is 0.266. The van der Waals surface area contributed by atoms with Gasteiger partial charge in [-0.1, -0.05) is 6.92 Å². The fourth-order valence-corrected chi connectivity index (χ4v) is 3.34. The minimum Gasteiger partial charge on any atom is -0.463 e. The van der Waals surface area contributed by atoms with Gasteiger partial charge in [0.25, 0.3) is 5.56 Å². The summed E-state index contributed by atoms with van der Waals surface area (Å²) >= 11 is 0. The average molecular weight is 446 g/mol. The SMILES string of the molecule is CCCC(=O)OC[C@H](O)[C@H](O)[C@H](O)Cn1c2nc(=O)[nH]c(=O)c-2nc2cc(C)c(C)cc21. The Kier molecular flexibility index (Phi) is 7.02. The lowest BCUT2D eigenvalue weighted by Crippen LogP contribution is -2.43. The number of benzene rings is 1. The summed E-state index contributed by atoms with van der Waals surface area (Å²) in [6.07, 6.45) is -4.00. The van der Waals surface area contributed by atoms with Crippen molar-refractivity contribution in [3.05, 3.63) is 44.1 Å². The van der Waals surface area contributed by atoms with Gasteiger partial charge in [-0.25, -0.2) is 9.78 Å². The van der Waals surface area contributed by atoms with Crippen LogP contribution >= 0.6 is 0 Å². The first-order valence-corrected chi connectivity index (χ1v) is 10.2. The van der Waals surface area contributed by atoms with E-state index in [0.29, 0.717) is 17.5 Å². The fraction of sp³-hybridized carbons (Fsp3) is 0.476. The number of aryl methyl sites for hydroxylation is 2. The molecule has 2 heterocycles. The molecular formula is C21H26N4O7. The third-order valence-corrected chi connectivity index (χ3v) is 5.25. The molecule has 0 radical (unpaired) electrons. The van der Waals surface area contributed by atoms with Crippen molar-refractivity contribution in [3.8, 4) is 11.5 Å². The van der Waals surface area contributed by atoms with Gasteiger partial charge in [-0.15, -0.1) is 0 Å². The van der Waals surface area contributed by atoms with Gasteiger partial charge in [0.15, 0.2) is 11.5 Å². The summed E-state index contributed by atoms with van der Waals surface area (Å²) in [5.41, 5.74) is 1.03. The van der Waals surface area contributed by atoms with Crippen molar-refractivity contribution in [2.24, 2.45) is 0 Å². The summed E-state index contributed by atoms with van der Waals surface area (Å²) in [4.78, 5) is 45.9. The van der Waals surface area contributed by atoms with E-state index >= 15 is 0 Å². The first-order chi connectivity index (χ1) is 15.1. The van der Waals surface area contributed by atoms with Crippen molar-refractivity contribution < 1.29 is 24.9 Å². The molecule has 0 aromatic heterocycles. The van der Waals surface area contributed by atoms with Crippen LogP contribution in [0.15, 0.2) is 21.7 Å². The summed E-state index contributed by atoms with van der Waals surface area (Å²) < 4.78 is 6.30. The standard InChI is InChI=1S/C21H26N4O7/c1-4-5-16(28)32-9-15(27)18(29)14(26)8-25-13-7-11(3)10(2)6-12(13)22-17-19(25)23-21(31)24-20(17)30/h6-7,14-15,18,26-27,29H,4-5,8-9H2,1-3H3,(H,24,30,31)/t14-,15+,18-/m1/s1. The highest BCUT2D eigenvalue weighted by Crippen LogP contribution is 2.24. The van der Waals surface area contributed by atoms with Crippen molar-refractivity contribution in [3.63, 3.8) is 0 Å². The van der Waals surface area contributed by atoms with Gasteiger partial charge in [0.1, 0.15) is 24.9 Å². The summed E-state index contributed by atoms with van der Waals surface area (Å²) in [5.74, 6) is -0.587. The third-order valence-electron chi connectivity index (χ3n) is 5.25. The number of esters is 1. The van der Waals surface area contributed by atoms with Crippen molar-refractivity contribution >= 4 is 17.0 Å². The van der Waals surface area contributed by atoms with Crippen LogP contribution in [0.3, 0.4) is 0 Å². The number of nitrogens with zero attached hydrogens (tertiary/aromatic N) is 3. The fourth-order valence-electron chi connectivity index (χ4n) is 3.34. The minimum atomic E-state index is -1.67. The van der Waals surface area contributed by atoms with Gasteiger partial charge in [0, 0.05) is 6.42 Å². The molecule has 3 rings (SSSR count). The number of H-pyrrole nitrogens is 1. The molecule has 11 nitrogen and oxygen atoms in total. The second-order valence-corrected chi connectivity index (χ2v) is 7.75. The Morgan fingerprint density at radius 1 is 1.12 bits per heavy atom. The first kappa shape index (κ1) is 23.5. The number of carbonyl (C=O) groups excluding carboxylic acids is 1. The molecule has 11 heteroatoms. The van der Waals surface area contributed by atoms with Crippen molar-refractivity contribution in [2.45, 2.75) is 58.5 Å². The van der Waals surface area contributed by atoms with Crippen molar-refractivity contribution in [1.29, 1.82) is 0 Å². The van der Waals surface area contributed by atoms with Crippen LogP contribution in [0.5, 0.6) is 0 Å². The van der Waals surface area contributed by atoms with E-state index in [9.17, 15) is 29.7 Å². The highest BCUT2D eigenvalue weighted by atomic mass is 16.5. The number of hydrogen-bond donors (Lipinski definition) is 4. The van der Waals surface area contributed by atoms with Crippen LogP contribution in [-0.4, -0.2) is 65.7 Å². The monoisotopic (exact) mass is 446 g/mol. The molecule has 172 valence electrons. The van der Waals surface area contributed by atoms with E-state index in [1.165, 1.54) is 4.57 Å². The van der Waals surface area contributed by atoms with Crippen LogP contribution in [0.1, 0.15) is 30.9 Å². The Balaban J connectivity index is 1.99. The third kappa shape index (κ3) is 4.85. The molecule has 0 amide bonds. The maximum absolute atomic E-state index is 12.3. The first-order valence-electron chi connectivity index (χ1n) is 10.2. The number of hydrogen-bond acceptors (Lipinski definition) is 9. The van der Waals surface area contributed by atoms with Gasteiger partial charge in [0.2, 0.25) is 0 Å². The minimum absolute atomic E-state index is 0.0652. The van der Waals surface area contributed by atoms with Crippen LogP contribution in [0.2, 0.25) is 0 Å². The molecule has 4 N–H and O–H groups in total. The molecule has 2 aliphatic rings. The van der Waals surface area contributed by atoms with Gasteiger partial charge in [-0.2, -0.15) is 4.98 Å². The summed E-state index contributed by atoms with van der Waals surface area (Å²) in [5, 5.41) is 31.1. The molecule has 0 unspecified atom stereocenters. The van der Waals surface area contributed by atoms with E-state index < -0.39 is 42.1 Å². The molecule has 0 saturated heterocycles. The lowest BCUT2D eigenvalue weighted by molar-refractivity contribution is -0.151. The molecule has 0 saturated carbocycles. The topological polar surface area (TPSA) is 168 Å². The Bertz CT molecular complexity index is 1220. The number of rotatable bonds is 8. The normalized spacial score (nSPS) is 14.4. The highest BCUT2D eigenvalue weighted by Gasteiger charge is 2.28. The Morgan fingerprint density at radius 2 is 1.81 bits per heavy atom. The maximum atomic E-state index is 12.3. The Hall–Kier alpha value is -3.15. The second kappa shape index (κ2) is 9.55. The molecule has 1 aromatic rings. The predicted octanol–water partition coefficient (Wildman–Crippen LogP) is -0.373. The van der Waals surface area contributed by atoms with Gasteiger partial charge in [0.05, 0.1) is 17.6 Å². The van der Waals surface area contributed by atoms with E-state index in [-0.39, 0.29) is 24.5 Å². The number of nitrogens with one attached hydrogen (secondary N) is 1.